The molecule has 0 aliphatic heterocycles. The molecule has 1 aromatic rings. The molecule has 0 radical (unpaired) electrons. The third-order valence-electron chi connectivity index (χ3n) is 2.66. The Balaban J connectivity index is 2.64. The third kappa shape index (κ3) is 3.63. The van der Waals surface area contributed by atoms with E-state index in [0.29, 0.717) is 10.9 Å². The maximum Gasteiger partial charge on any atom is 0.313 e. The van der Waals surface area contributed by atoms with Gasteiger partial charge in [-0.15, -0.1) is 6.58 Å². The average molecular weight is 218 g/mol. The summed E-state index contributed by atoms with van der Waals surface area (Å²) in [5.74, 6) is 0.253. The highest BCUT2D eigenvalue weighted by molar-refractivity contribution is 5.68. The van der Waals surface area contributed by atoms with E-state index in [9.17, 15) is 4.79 Å². The second-order valence-electron chi connectivity index (χ2n) is 4.55. The van der Waals surface area contributed by atoms with Crippen molar-refractivity contribution >= 4 is 5.91 Å². The number of amides is 1. The lowest BCUT2D eigenvalue weighted by Gasteiger charge is -2.26. The summed E-state index contributed by atoms with van der Waals surface area (Å²) in [5, 5.41) is 0. The Kier molecular flexibility index (Phi) is 4.44. The first-order valence-corrected chi connectivity index (χ1v) is 5.57. The highest BCUT2D eigenvalue weighted by Gasteiger charge is 2.25. The first-order valence-electron chi connectivity index (χ1n) is 5.57. The third-order valence-corrected chi connectivity index (χ3v) is 2.66. The molecule has 0 N–H and O–H groups in total. The number of carbonyl (C=O) groups excluding carboxylic acids is 1. The van der Waals surface area contributed by atoms with Crippen LogP contribution in [-0.2, 0) is 11.3 Å². The summed E-state index contributed by atoms with van der Waals surface area (Å²) < 4.78 is 0.401. The molecule has 0 saturated carbocycles. The van der Waals surface area contributed by atoms with Gasteiger partial charge in [-0.25, -0.2) is 4.79 Å². The smallest absolute Gasteiger partial charge is 0.262 e. The van der Waals surface area contributed by atoms with Crippen LogP contribution in [0.4, 0.5) is 0 Å². The summed E-state index contributed by atoms with van der Waals surface area (Å²) in [6.07, 6.45) is 3.12. The lowest BCUT2D eigenvalue weighted by atomic mass is 10.2. The lowest BCUT2D eigenvalue weighted by Crippen LogP contribution is -2.44. The topological polar surface area (TPSA) is 17.1 Å². The highest BCUT2D eigenvalue weighted by Crippen LogP contribution is 2.12. The van der Waals surface area contributed by atoms with E-state index in [2.05, 4.69) is 18.7 Å². The molecule has 0 heterocycles. The molecule has 2 heteroatoms. The highest BCUT2D eigenvalue weighted by atomic mass is 16.2. The van der Waals surface area contributed by atoms with E-state index in [-0.39, 0.29) is 5.91 Å². The van der Waals surface area contributed by atoms with Gasteiger partial charge in [-0.2, -0.15) is 0 Å². The number of nitrogens with zero attached hydrogens (tertiary/aromatic N) is 1. The van der Waals surface area contributed by atoms with Crippen molar-refractivity contribution < 1.29 is 9.28 Å². The molecule has 1 aromatic carbocycles. The van der Waals surface area contributed by atoms with Crippen molar-refractivity contribution in [1.29, 1.82) is 0 Å². The van der Waals surface area contributed by atoms with Crippen molar-refractivity contribution in [2.45, 2.75) is 19.4 Å². The number of allylic oxidation sites excluding steroid dienone is 1. The maximum atomic E-state index is 12.0. The minimum absolute atomic E-state index is 0.253. The molecule has 0 bridgehead atoms. The van der Waals surface area contributed by atoms with Gasteiger partial charge < -0.3 is 0 Å². The van der Waals surface area contributed by atoms with E-state index in [1.165, 1.54) is 5.56 Å². The van der Waals surface area contributed by atoms with Crippen LogP contribution in [0.15, 0.2) is 43.0 Å². The Bertz CT molecular complexity index is 354. The van der Waals surface area contributed by atoms with Crippen molar-refractivity contribution in [1.82, 2.24) is 0 Å². The molecule has 0 aromatic heterocycles. The number of benzene rings is 1. The van der Waals surface area contributed by atoms with E-state index in [4.69, 9.17) is 0 Å². The number of hydrogen-bond donors (Lipinski definition) is 0. The summed E-state index contributed by atoms with van der Waals surface area (Å²) >= 11 is 0. The molecule has 0 aliphatic carbocycles. The minimum atomic E-state index is 0.253. The van der Waals surface area contributed by atoms with Crippen LogP contribution in [-0.4, -0.2) is 24.5 Å². The first kappa shape index (κ1) is 12.7. The second kappa shape index (κ2) is 5.61. The van der Waals surface area contributed by atoms with E-state index < -0.39 is 0 Å². The van der Waals surface area contributed by atoms with Gasteiger partial charge in [0.05, 0.1) is 20.5 Å². The van der Waals surface area contributed by atoms with Gasteiger partial charge in [0, 0.05) is 5.56 Å². The molecule has 0 aliphatic rings. The standard InChI is InChI=1S/C14H20NO/c1-4-5-11-14(16)15(2,3)12-13-9-7-6-8-10-13/h4,6-10H,1,5,11-12H2,2-3H3/q+1. The van der Waals surface area contributed by atoms with Crippen molar-refractivity contribution in [2.75, 3.05) is 14.1 Å². The molecule has 86 valence electrons. The maximum absolute atomic E-state index is 12.0. The zero-order chi connectivity index (χ0) is 12.0. The molecule has 0 saturated heterocycles. The van der Waals surface area contributed by atoms with Crippen LogP contribution in [0.1, 0.15) is 18.4 Å². The molecule has 0 unspecified atom stereocenters. The molecule has 0 atom stereocenters. The van der Waals surface area contributed by atoms with Crippen molar-refractivity contribution in [2.24, 2.45) is 0 Å². The molecular formula is C14H20NO+. The van der Waals surface area contributed by atoms with Crippen LogP contribution in [0.25, 0.3) is 0 Å². The van der Waals surface area contributed by atoms with Crippen LogP contribution < -0.4 is 0 Å². The van der Waals surface area contributed by atoms with Gasteiger partial charge in [0.2, 0.25) is 0 Å². The molecule has 0 fully saturated rings. The van der Waals surface area contributed by atoms with Gasteiger partial charge in [0.1, 0.15) is 6.54 Å². The van der Waals surface area contributed by atoms with Gasteiger partial charge in [-0.3, -0.25) is 4.48 Å². The van der Waals surface area contributed by atoms with Gasteiger partial charge >= 0.3 is 5.91 Å². The van der Waals surface area contributed by atoms with Crippen LogP contribution in [0.2, 0.25) is 0 Å². The molecular weight excluding hydrogens is 198 g/mol. The Labute approximate surface area is 97.8 Å². The SMILES string of the molecule is C=CCCC(=O)[N+](C)(C)Cc1ccccc1. The predicted octanol–water partition coefficient (Wildman–Crippen LogP) is 2.76. The second-order valence-corrected chi connectivity index (χ2v) is 4.55. The van der Waals surface area contributed by atoms with Crippen LogP contribution >= 0.6 is 0 Å². The summed E-state index contributed by atoms with van der Waals surface area (Å²) in [4.78, 5) is 12.0. The fourth-order valence-corrected chi connectivity index (χ4v) is 1.66. The zero-order valence-electron chi connectivity index (χ0n) is 10.1. The number of rotatable bonds is 5. The summed E-state index contributed by atoms with van der Waals surface area (Å²) in [6, 6.07) is 10.1. The summed E-state index contributed by atoms with van der Waals surface area (Å²) in [6.45, 7) is 4.39. The monoisotopic (exact) mass is 218 g/mol. The Morgan fingerprint density at radius 3 is 2.50 bits per heavy atom. The number of quaternary nitrogens is 1. The fraction of sp³-hybridized carbons (Fsp3) is 0.357. The summed E-state index contributed by atoms with van der Waals surface area (Å²) in [5.41, 5.74) is 1.19. The van der Waals surface area contributed by atoms with Crippen molar-refractivity contribution in [3.05, 3.63) is 48.6 Å². The largest absolute Gasteiger partial charge is 0.313 e. The van der Waals surface area contributed by atoms with E-state index in [1.807, 2.05) is 32.3 Å². The minimum Gasteiger partial charge on any atom is -0.262 e. The Morgan fingerprint density at radius 2 is 1.94 bits per heavy atom. The van der Waals surface area contributed by atoms with Gasteiger partial charge in [-0.1, -0.05) is 36.4 Å². The number of carbonyl (C=O) groups is 1. The first-order chi connectivity index (χ1) is 7.56. The van der Waals surface area contributed by atoms with E-state index >= 15 is 0 Å². The zero-order valence-corrected chi connectivity index (χ0v) is 10.1. The Hall–Kier alpha value is -1.41. The van der Waals surface area contributed by atoms with E-state index in [1.54, 1.807) is 6.08 Å². The molecule has 0 spiro atoms. The van der Waals surface area contributed by atoms with Gasteiger partial charge in [-0.05, 0) is 6.42 Å². The average Bonchev–Trinajstić information content (AvgIpc) is 2.26. The normalized spacial score (nSPS) is 11.1. The van der Waals surface area contributed by atoms with Gasteiger partial charge in [0.15, 0.2) is 0 Å². The van der Waals surface area contributed by atoms with Crippen molar-refractivity contribution in [3.63, 3.8) is 0 Å². The number of hydrogen-bond acceptors (Lipinski definition) is 1. The predicted molar refractivity (Wildman–Crippen MR) is 66.7 cm³/mol. The van der Waals surface area contributed by atoms with Crippen LogP contribution in [0.3, 0.4) is 0 Å². The van der Waals surface area contributed by atoms with Gasteiger partial charge in [0.25, 0.3) is 0 Å². The molecule has 16 heavy (non-hydrogen) atoms. The van der Waals surface area contributed by atoms with Crippen LogP contribution in [0.5, 0.6) is 0 Å². The molecule has 1 rings (SSSR count). The lowest BCUT2D eigenvalue weighted by molar-refractivity contribution is -0.828. The summed E-state index contributed by atoms with van der Waals surface area (Å²) in [7, 11) is 3.91. The molecule has 1 amide bonds. The van der Waals surface area contributed by atoms with E-state index in [0.717, 1.165) is 13.0 Å². The van der Waals surface area contributed by atoms with Crippen LogP contribution in [0, 0.1) is 0 Å². The molecule has 2 nitrogen and oxygen atoms in total. The fourth-order valence-electron chi connectivity index (χ4n) is 1.66. The quantitative estimate of drug-likeness (QED) is 0.548. The Morgan fingerprint density at radius 1 is 1.31 bits per heavy atom. The van der Waals surface area contributed by atoms with Crippen molar-refractivity contribution in [3.8, 4) is 0 Å².